The number of halogens is 1. The third-order valence-electron chi connectivity index (χ3n) is 8.50. The van der Waals surface area contributed by atoms with E-state index >= 15 is 0 Å². The molecule has 12 nitrogen and oxygen atoms in total. The molecule has 1 fully saturated rings. The van der Waals surface area contributed by atoms with E-state index in [2.05, 4.69) is 25.6 Å². The zero-order valence-corrected chi connectivity index (χ0v) is 29.4. The van der Waals surface area contributed by atoms with Crippen molar-refractivity contribution in [1.29, 1.82) is 0 Å². The van der Waals surface area contributed by atoms with E-state index in [9.17, 15) is 14.4 Å². The van der Waals surface area contributed by atoms with Gasteiger partial charge in [0, 0.05) is 50.8 Å². The molecule has 1 aromatic carbocycles. The number of nitrogens with one attached hydrogen (secondary N) is 3. The summed E-state index contributed by atoms with van der Waals surface area (Å²) in [4.78, 5) is 52.7. The SMILES string of the molecule is CN(C)c1ccc(/C=c2\[nH]c(=CC=C3C=NC=N3)n(CC(=O)NC3CCC(C(=O)NCCOCCOCCCCCCCl)CC3)c2=O)cc1. The van der Waals surface area contributed by atoms with Crippen LogP contribution in [0.2, 0.25) is 0 Å². The molecule has 0 atom stereocenters. The van der Waals surface area contributed by atoms with E-state index in [1.165, 1.54) is 10.9 Å². The lowest BCUT2D eigenvalue weighted by molar-refractivity contribution is -0.126. The first-order chi connectivity index (χ1) is 23.8. The van der Waals surface area contributed by atoms with Gasteiger partial charge >= 0.3 is 0 Å². The second-order valence-electron chi connectivity index (χ2n) is 12.5. The summed E-state index contributed by atoms with van der Waals surface area (Å²) in [7, 11) is 3.94. The van der Waals surface area contributed by atoms with Gasteiger partial charge in [-0.25, -0.2) is 9.98 Å². The molecule has 49 heavy (non-hydrogen) atoms. The number of aliphatic imine (C=N–C) groups is 2. The minimum Gasteiger partial charge on any atom is -0.379 e. The first-order valence-electron chi connectivity index (χ1n) is 17.2. The molecule has 2 amide bonds. The third kappa shape index (κ3) is 12.8. The Labute approximate surface area is 293 Å². The molecule has 1 aromatic heterocycles. The summed E-state index contributed by atoms with van der Waals surface area (Å²) < 4.78 is 12.6. The predicted octanol–water partition coefficient (Wildman–Crippen LogP) is 2.47. The number of benzene rings is 1. The summed E-state index contributed by atoms with van der Waals surface area (Å²) in [6.07, 6.45) is 15.4. The van der Waals surface area contributed by atoms with Crippen LogP contribution in [-0.2, 0) is 25.6 Å². The number of hydrogen-bond donors (Lipinski definition) is 3. The van der Waals surface area contributed by atoms with Crippen LogP contribution < -0.4 is 31.9 Å². The Hall–Kier alpha value is -4.00. The van der Waals surface area contributed by atoms with Gasteiger partial charge in [0.15, 0.2) is 0 Å². The van der Waals surface area contributed by atoms with Gasteiger partial charge in [-0.1, -0.05) is 25.0 Å². The first-order valence-corrected chi connectivity index (χ1v) is 17.7. The number of carbonyl (C=O) groups is 2. The molecule has 0 bridgehead atoms. The van der Waals surface area contributed by atoms with Crippen molar-refractivity contribution in [1.82, 2.24) is 20.2 Å². The van der Waals surface area contributed by atoms with Crippen molar-refractivity contribution >= 4 is 53.8 Å². The number of aromatic nitrogens is 2. The smallest absolute Gasteiger partial charge is 0.276 e. The molecular weight excluding hydrogens is 646 g/mol. The van der Waals surface area contributed by atoms with Crippen molar-refractivity contribution in [2.45, 2.75) is 64.0 Å². The Morgan fingerprint density at radius 3 is 2.43 bits per heavy atom. The summed E-state index contributed by atoms with van der Waals surface area (Å²) in [6.45, 7) is 2.53. The Bertz CT molecular complexity index is 1610. The maximum Gasteiger partial charge on any atom is 0.276 e. The summed E-state index contributed by atoms with van der Waals surface area (Å²) in [5, 5.41) is 6.42. The van der Waals surface area contributed by atoms with Crippen molar-refractivity contribution in [3.05, 3.63) is 62.8 Å². The van der Waals surface area contributed by atoms with Gasteiger partial charge in [-0.3, -0.25) is 19.0 Å². The minimum atomic E-state index is -0.300. The first kappa shape index (κ1) is 37.8. The van der Waals surface area contributed by atoms with E-state index in [1.54, 1.807) is 24.4 Å². The number of amides is 2. The summed E-state index contributed by atoms with van der Waals surface area (Å²) in [5.41, 5.74) is 2.73. The number of imidazole rings is 1. The van der Waals surface area contributed by atoms with Crippen LogP contribution >= 0.6 is 11.6 Å². The zero-order valence-electron chi connectivity index (χ0n) is 28.7. The van der Waals surface area contributed by atoms with E-state index in [-0.39, 0.29) is 35.9 Å². The van der Waals surface area contributed by atoms with Crippen molar-refractivity contribution in [2.24, 2.45) is 15.9 Å². The molecule has 2 aromatic rings. The van der Waals surface area contributed by atoms with Crippen molar-refractivity contribution < 1.29 is 19.1 Å². The van der Waals surface area contributed by atoms with Crippen LogP contribution in [-0.4, -0.2) is 92.9 Å². The van der Waals surface area contributed by atoms with Gasteiger partial charge in [0.05, 0.1) is 31.7 Å². The molecule has 1 aliphatic carbocycles. The molecule has 2 heterocycles. The summed E-state index contributed by atoms with van der Waals surface area (Å²) >= 11 is 5.68. The van der Waals surface area contributed by atoms with Crippen LogP contribution in [0.1, 0.15) is 56.9 Å². The Morgan fingerprint density at radius 2 is 1.73 bits per heavy atom. The lowest BCUT2D eigenvalue weighted by Gasteiger charge is -2.28. The number of aromatic amines is 1. The normalized spacial score (nSPS) is 18.8. The van der Waals surface area contributed by atoms with Crippen molar-refractivity contribution in [3.8, 4) is 0 Å². The fraction of sp³-hybridized carbons (Fsp3) is 0.528. The minimum absolute atomic E-state index is 0.0199. The van der Waals surface area contributed by atoms with E-state index in [0.29, 0.717) is 74.5 Å². The van der Waals surface area contributed by atoms with Gasteiger partial charge in [0.2, 0.25) is 11.8 Å². The average Bonchev–Trinajstić information content (AvgIpc) is 3.72. The van der Waals surface area contributed by atoms with Crippen LogP contribution in [0.15, 0.2) is 50.8 Å². The van der Waals surface area contributed by atoms with Crippen molar-refractivity contribution in [3.63, 3.8) is 0 Å². The van der Waals surface area contributed by atoms with E-state index in [1.807, 2.05) is 43.3 Å². The van der Waals surface area contributed by atoms with Gasteiger partial charge in [-0.05, 0) is 74.4 Å². The number of H-pyrrole nitrogens is 1. The van der Waals surface area contributed by atoms with Crippen LogP contribution in [0.5, 0.6) is 0 Å². The fourth-order valence-electron chi connectivity index (χ4n) is 5.71. The molecule has 1 saturated carbocycles. The molecule has 2 aliphatic rings. The quantitative estimate of drug-likeness (QED) is 0.152. The standard InChI is InChI=1S/C36H50ClN7O5/c1-43(2)31-14-7-27(8-15-31)23-32-36(47)44(33(42-32)16-13-30-24-38-26-40-30)25-34(45)41-29-11-9-28(10-12-29)35(46)39-18-20-49-22-21-48-19-6-4-3-5-17-37/h7-8,13-16,23-24,26,28-29,42H,3-6,9-12,17-22,25H2,1-2H3,(H,39,46)(H,41,45)/b30-13?,32-23-,33-16?. The van der Waals surface area contributed by atoms with Gasteiger partial charge in [-0.2, -0.15) is 0 Å². The molecule has 1 aliphatic heterocycles. The van der Waals surface area contributed by atoms with Crippen LogP contribution in [0.25, 0.3) is 12.2 Å². The third-order valence-corrected chi connectivity index (χ3v) is 8.76. The number of ether oxygens (including phenoxy) is 2. The second-order valence-corrected chi connectivity index (χ2v) is 12.8. The number of nitrogens with zero attached hydrogens (tertiary/aromatic N) is 4. The molecule has 0 radical (unpaired) electrons. The van der Waals surface area contributed by atoms with Crippen LogP contribution in [0, 0.1) is 5.92 Å². The molecular formula is C36H50ClN7O5. The molecule has 0 unspecified atom stereocenters. The van der Waals surface area contributed by atoms with E-state index in [0.717, 1.165) is 43.5 Å². The molecule has 13 heteroatoms. The maximum absolute atomic E-state index is 13.5. The van der Waals surface area contributed by atoms with Gasteiger partial charge < -0.3 is 30.0 Å². The largest absolute Gasteiger partial charge is 0.379 e. The van der Waals surface area contributed by atoms with Gasteiger partial charge in [-0.15, -0.1) is 11.6 Å². The average molecular weight is 696 g/mol. The van der Waals surface area contributed by atoms with Crippen LogP contribution in [0.4, 0.5) is 5.69 Å². The van der Waals surface area contributed by atoms with E-state index in [4.69, 9.17) is 21.1 Å². The van der Waals surface area contributed by atoms with Crippen molar-refractivity contribution in [2.75, 3.05) is 57.8 Å². The zero-order chi connectivity index (χ0) is 34.8. The number of allylic oxidation sites excluding steroid dienone is 2. The van der Waals surface area contributed by atoms with Gasteiger partial charge in [0.1, 0.15) is 23.7 Å². The predicted molar refractivity (Wildman–Crippen MR) is 196 cm³/mol. The highest BCUT2D eigenvalue weighted by Gasteiger charge is 2.27. The Morgan fingerprint density at radius 1 is 1.00 bits per heavy atom. The molecule has 0 spiro atoms. The number of alkyl halides is 1. The molecule has 3 N–H and O–H groups in total. The number of rotatable bonds is 19. The number of unbranched alkanes of at least 4 members (excludes halogenated alkanes) is 3. The summed E-state index contributed by atoms with van der Waals surface area (Å²) in [5.74, 6) is 0.383. The highest BCUT2D eigenvalue weighted by atomic mass is 35.5. The topological polar surface area (TPSA) is 142 Å². The maximum atomic E-state index is 13.5. The highest BCUT2D eigenvalue weighted by molar-refractivity contribution is 6.17. The second kappa shape index (κ2) is 20.5. The lowest BCUT2D eigenvalue weighted by atomic mass is 9.85. The highest BCUT2D eigenvalue weighted by Crippen LogP contribution is 2.24. The Balaban J connectivity index is 1.23. The molecule has 0 saturated heterocycles. The fourth-order valence-corrected chi connectivity index (χ4v) is 5.90. The number of carbonyl (C=O) groups excluding carboxylic acids is 2. The van der Waals surface area contributed by atoms with Crippen LogP contribution in [0.3, 0.4) is 0 Å². The number of hydrogen-bond acceptors (Lipinski definition) is 8. The Kier molecular flexibility index (Phi) is 15.8. The number of anilines is 1. The monoisotopic (exact) mass is 695 g/mol. The lowest BCUT2D eigenvalue weighted by Crippen LogP contribution is -2.44. The van der Waals surface area contributed by atoms with Gasteiger partial charge in [0.25, 0.3) is 5.56 Å². The molecule has 266 valence electrons. The van der Waals surface area contributed by atoms with E-state index < -0.39 is 0 Å². The summed E-state index contributed by atoms with van der Waals surface area (Å²) in [6, 6.07) is 7.79. The molecule has 4 rings (SSSR count).